The Morgan fingerprint density at radius 1 is 1.06 bits per heavy atom. The smallest absolute Gasteiger partial charge is 0.387 e. The number of aryl methyl sites for hydroxylation is 1. The van der Waals surface area contributed by atoms with Gasteiger partial charge in [0.2, 0.25) is 0 Å². The molecule has 0 radical (unpaired) electrons. The Balaban J connectivity index is 1.49. The Hall–Kier alpha value is -2.94. The molecule has 0 aliphatic carbocycles. The Morgan fingerprint density at radius 2 is 1.83 bits per heavy atom. The van der Waals surface area contributed by atoms with E-state index in [4.69, 9.17) is 27.9 Å². The minimum Gasteiger partial charge on any atom is -0.433 e. The maximum absolute atomic E-state index is 13.0. The molecule has 0 bridgehead atoms. The van der Waals surface area contributed by atoms with E-state index in [9.17, 15) is 8.78 Å². The number of hydrogen-bond acceptors (Lipinski definition) is 5. The van der Waals surface area contributed by atoms with Crippen molar-refractivity contribution < 1.29 is 13.5 Å². The standard InChI is InChI=1S/C25H23Cl2F2N5O/c1-15-32-21-4-2-16(17-3-5-23(31-13-17)33-8-6-30-7-9-33)11-22(21)34(15)14-18-10-19(26)12-20(27)24(18)35-25(28)29/h2-5,10-13,25,30H,6-9,14H2,1H3. The predicted molar refractivity (Wildman–Crippen MR) is 135 cm³/mol. The van der Waals surface area contributed by atoms with Crippen LogP contribution >= 0.6 is 23.2 Å². The monoisotopic (exact) mass is 517 g/mol. The topological polar surface area (TPSA) is 55.2 Å². The predicted octanol–water partition coefficient (Wildman–Crippen LogP) is 5.77. The second kappa shape index (κ2) is 9.97. The minimum absolute atomic E-state index is 0.0335. The zero-order valence-corrected chi connectivity index (χ0v) is 20.5. The first-order chi connectivity index (χ1) is 16.9. The van der Waals surface area contributed by atoms with E-state index in [0.717, 1.165) is 60.0 Å². The number of benzene rings is 2. The number of piperazine rings is 1. The lowest BCUT2D eigenvalue weighted by Crippen LogP contribution is -2.43. The molecule has 1 saturated heterocycles. The van der Waals surface area contributed by atoms with Crippen LogP contribution in [0.1, 0.15) is 11.4 Å². The maximum atomic E-state index is 13.0. The highest BCUT2D eigenvalue weighted by Crippen LogP contribution is 2.35. The Morgan fingerprint density at radius 3 is 2.54 bits per heavy atom. The summed E-state index contributed by atoms with van der Waals surface area (Å²) >= 11 is 12.3. The highest BCUT2D eigenvalue weighted by Gasteiger charge is 2.18. The third-order valence-electron chi connectivity index (χ3n) is 6.08. The number of anilines is 1. The normalized spacial score (nSPS) is 14.2. The third kappa shape index (κ3) is 5.05. The number of halogens is 4. The number of hydrogen-bond donors (Lipinski definition) is 1. The van der Waals surface area contributed by atoms with Gasteiger partial charge in [0.05, 0.1) is 22.6 Å². The first-order valence-corrected chi connectivity index (χ1v) is 12.0. The third-order valence-corrected chi connectivity index (χ3v) is 6.58. The number of ether oxygens (including phenoxy) is 1. The van der Waals surface area contributed by atoms with Crippen LogP contribution in [0.25, 0.3) is 22.2 Å². The van der Waals surface area contributed by atoms with Crippen LogP contribution in [-0.4, -0.2) is 47.3 Å². The van der Waals surface area contributed by atoms with Gasteiger partial charge in [-0.1, -0.05) is 29.3 Å². The summed E-state index contributed by atoms with van der Waals surface area (Å²) in [5.41, 5.74) is 4.04. The van der Waals surface area contributed by atoms with Crippen LogP contribution in [0.4, 0.5) is 14.6 Å². The van der Waals surface area contributed by atoms with E-state index in [1.165, 1.54) is 6.07 Å². The second-order valence-corrected chi connectivity index (χ2v) is 9.19. The largest absolute Gasteiger partial charge is 0.433 e. The Labute approximate surface area is 211 Å². The van der Waals surface area contributed by atoms with Crippen molar-refractivity contribution in [3.05, 3.63) is 70.1 Å². The molecule has 4 aromatic rings. The number of pyridine rings is 1. The number of imidazole rings is 1. The summed E-state index contributed by atoms with van der Waals surface area (Å²) in [5, 5.41) is 3.72. The van der Waals surface area contributed by atoms with Gasteiger partial charge in [0.15, 0.2) is 0 Å². The van der Waals surface area contributed by atoms with Gasteiger partial charge in [0, 0.05) is 48.5 Å². The molecular formula is C25H23Cl2F2N5O. The van der Waals surface area contributed by atoms with E-state index in [2.05, 4.69) is 26.3 Å². The summed E-state index contributed by atoms with van der Waals surface area (Å²) in [6.45, 7) is 2.84. The highest BCUT2D eigenvalue weighted by atomic mass is 35.5. The fourth-order valence-electron chi connectivity index (χ4n) is 4.38. The molecule has 0 atom stereocenters. The van der Waals surface area contributed by atoms with E-state index < -0.39 is 6.61 Å². The van der Waals surface area contributed by atoms with Crippen LogP contribution in [0.3, 0.4) is 0 Å². The molecule has 0 unspecified atom stereocenters. The van der Waals surface area contributed by atoms with E-state index in [1.54, 1.807) is 6.07 Å². The number of fused-ring (bicyclic) bond motifs is 1. The van der Waals surface area contributed by atoms with Gasteiger partial charge in [-0.25, -0.2) is 9.97 Å². The molecule has 0 saturated carbocycles. The first kappa shape index (κ1) is 23.8. The minimum atomic E-state index is -3.00. The molecule has 1 N–H and O–H groups in total. The zero-order chi connectivity index (χ0) is 24.5. The summed E-state index contributed by atoms with van der Waals surface area (Å²) < 4.78 is 32.7. The Bertz CT molecular complexity index is 1350. The molecule has 1 aliphatic heterocycles. The van der Waals surface area contributed by atoms with E-state index in [1.807, 2.05) is 42.0 Å². The number of alkyl halides is 2. The van der Waals surface area contributed by atoms with Crippen LogP contribution < -0.4 is 15.0 Å². The molecule has 1 aliphatic rings. The van der Waals surface area contributed by atoms with Gasteiger partial charge >= 0.3 is 6.61 Å². The average molecular weight is 518 g/mol. The van der Waals surface area contributed by atoms with Crippen molar-refractivity contribution in [1.82, 2.24) is 19.9 Å². The summed E-state index contributed by atoms with van der Waals surface area (Å²) in [4.78, 5) is 11.6. The van der Waals surface area contributed by atoms with Crippen LogP contribution in [0.2, 0.25) is 10.0 Å². The van der Waals surface area contributed by atoms with Crippen LogP contribution in [0.5, 0.6) is 5.75 Å². The van der Waals surface area contributed by atoms with Crippen molar-refractivity contribution in [2.75, 3.05) is 31.1 Å². The lowest BCUT2D eigenvalue weighted by atomic mass is 10.1. The van der Waals surface area contributed by atoms with Crippen LogP contribution in [0.15, 0.2) is 48.7 Å². The van der Waals surface area contributed by atoms with Crippen molar-refractivity contribution in [2.45, 2.75) is 20.1 Å². The molecule has 6 nitrogen and oxygen atoms in total. The van der Waals surface area contributed by atoms with Crippen molar-refractivity contribution in [2.24, 2.45) is 0 Å². The van der Waals surface area contributed by atoms with Gasteiger partial charge in [0.25, 0.3) is 0 Å². The SMILES string of the molecule is Cc1nc2ccc(-c3ccc(N4CCNCC4)nc3)cc2n1Cc1cc(Cl)cc(Cl)c1OC(F)F. The molecule has 0 amide bonds. The summed E-state index contributed by atoms with van der Waals surface area (Å²) in [6, 6.07) is 13.0. The summed E-state index contributed by atoms with van der Waals surface area (Å²) in [6.07, 6.45) is 1.87. The number of nitrogens with zero attached hydrogens (tertiary/aromatic N) is 4. The van der Waals surface area contributed by atoms with Gasteiger partial charge in [0.1, 0.15) is 17.4 Å². The van der Waals surface area contributed by atoms with Crippen molar-refractivity contribution in [3.63, 3.8) is 0 Å². The lowest BCUT2D eigenvalue weighted by Gasteiger charge is -2.28. The lowest BCUT2D eigenvalue weighted by molar-refractivity contribution is -0.0504. The molecular weight excluding hydrogens is 495 g/mol. The van der Waals surface area contributed by atoms with Gasteiger partial charge in [-0.15, -0.1) is 0 Å². The highest BCUT2D eigenvalue weighted by molar-refractivity contribution is 6.35. The fourth-order valence-corrected chi connectivity index (χ4v) is 4.96. The van der Waals surface area contributed by atoms with Gasteiger partial charge in [-0.3, -0.25) is 0 Å². The molecule has 2 aromatic heterocycles. The van der Waals surface area contributed by atoms with Gasteiger partial charge < -0.3 is 19.5 Å². The molecule has 1 fully saturated rings. The molecule has 3 heterocycles. The summed E-state index contributed by atoms with van der Waals surface area (Å²) in [7, 11) is 0. The maximum Gasteiger partial charge on any atom is 0.387 e. The van der Waals surface area contributed by atoms with E-state index in [0.29, 0.717) is 10.6 Å². The molecule has 35 heavy (non-hydrogen) atoms. The van der Waals surface area contributed by atoms with Crippen molar-refractivity contribution >= 4 is 40.1 Å². The van der Waals surface area contributed by atoms with Gasteiger partial charge in [-0.05, 0) is 48.9 Å². The first-order valence-electron chi connectivity index (χ1n) is 11.2. The fraction of sp³-hybridized carbons (Fsp3) is 0.280. The molecule has 5 rings (SSSR count). The number of aromatic nitrogens is 3. The quantitative estimate of drug-likeness (QED) is 0.351. The molecule has 0 spiro atoms. The van der Waals surface area contributed by atoms with Crippen LogP contribution in [0, 0.1) is 6.92 Å². The molecule has 10 heteroatoms. The molecule has 2 aromatic carbocycles. The molecule has 182 valence electrons. The zero-order valence-electron chi connectivity index (χ0n) is 18.9. The number of rotatable bonds is 6. The van der Waals surface area contributed by atoms with Crippen LogP contribution in [-0.2, 0) is 6.54 Å². The van der Waals surface area contributed by atoms with Gasteiger partial charge in [-0.2, -0.15) is 8.78 Å². The van der Waals surface area contributed by atoms with E-state index >= 15 is 0 Å². The summed E-state index contributed by atoms with van der Waals surface area (Å²) in [5.74, 6) is 1.60. The van der Waals surface area contributed by atoms with Crippen molar-refractivity contribution in [1.29, 1.82) is 0 Å². The van der Waals surface area contributed by atoms with E-state index in [-0.39, 0.29) is 17.3 Å². The average Bonchev–Trinajstić information content (AvgIpc) is 3.16. The second-order valence-electron chi connectivity index (χ2n) is 8.35. The number of nitrogens with one attached hydrogen (secondary N) is 1. The van der Waals surface area contributed by atoms with Crippen molar-refractivity contribution in [3.8, 4) is 16.9 Å². The Kier molecular flexibility index (Phi) is 6.77.